The monoisotopic (exact) mass is 339 g/mol. The van der Waals surface area contributed by atoms with Crippen molar-refractivity contribution in [1.29, 1.82) is 0 Å². The molecule has 126 valence electrons. The number of sulfonamides is 1. The minimum atomic E-state index is -4.00. The number of aldehydes is 1. The number of benzene rings is 1. The van der Waals surface area contributed by atoms with Crippen molar-refractivity contribution in [3.8, 4) is 0 Å². The predicted molar refractivity (Wildman–Crippen MR) is 86.5 cm³/mol. The van der Waals surface area contributed by atoms with E-state index in [1.807, 2.05) is 6.92 Å². The van der Waals surface area contributed by atoms with Gasteiger partial charge in [-0.25, -0.2) is 13.2 Å². The molecular weight excluding hydrogens is 318 g/mol. The summed E-state index contributed by atoms with van der Waals surface area (Å²) in [7, 11) is -2.87. The van der Waals surface area contributed by atoms with Gasteiger partial charge in [0.15, 0.2) is 0 Å². The highest BCUT2D eigenvalue weighted by atomic mass is 32.2. The third-order valence-corrected chi connectivity index (χ3v) is 5.00. The van der Waals surface area contributed by atoms with Crippen LogP contribution in [0.25, 0.3) is 0 Å². The molecule has 1 aromatic carbocycles. The van der Waals surface area contributed by atoms with E-state index in [0.717, 1.165) is 24.5 Å². The molecule has 0 saturated carbocycles. The Balaban J connectivity index is 3.08. The van der Waals surface area contributed by atoms with Crippen LogP contribution in [0.2, 0.25) is 0 Å². The Kier molecular flexibility index (Phi) is 6.96. The lowest BCUT2D eigenvalue weighted by atomic mass is 10.1. The van der Waals surface area contributed by atoms with E-state index in [0.29, 0.717) is 17.1 Å². The van der Waals surface area contributed by atoms with E-state index in [-0.39, 0.29) is 11.4 Å². The summed E-state index contributed by atoms with van der Waals surface area (Å²) in [4.78, 5) is 22.3. The van der Waals surface area contributed by atoms with Crippen molar-refractivity contribution in [2.75, 3.05) is 13.7 Å². The molecule has 0 atom stereocenters. The average Bonchev–Trinajstić information content (AvgIpc) is 2.52. The third kappa shape index (κ3) is 5.21. The third-order valence-electron chi connectivity index (χ3n) is 3.25. The van der Waals surface area contributed by atoms with Crippen LogP contribution in [0.4, 0.5) is 4.79 Å². The van der Waals surface area contributed by atoms with Gasteiger partial charge in [0.1, 0.15) is 6.29 Å². The summed E-state index contributed by atoms with van der Waals surface area (Å²) in [6.07, 6.45) is 2.31. The van der Waals surface area contributed by atoms with Crippen LogP contribution in [-0.2, 0) is 19.6 Å². The standard InChI is InChI=1S/C16H21NO5S/c1-13(5-4-12-18)10-11-17(16(19)22-3)23(20,21)15-8-6-14(2)7-9-15/h6-10,12H,4-5,11H2,1-3H3/b13-10-. The number of carbonyl (C=O) groups is 2. The summed E-state index contributed by atoms with van der Waals surface area (Å²) in [6, 6.07) is 6.22. The largest absolute Gasteiger partial charge is 0.452 e. The van der Waals surface area contributed by atoms with Crippen LogP contribution >= 0.6 is 0 Å². The van der Waals surface area contributed by atoms with Crippen LogP contribution < -0.4 is 0 Å². The molecule has 1 aromatic rings. The summed E-state index contributed by atoms with van der Waals surface area (Å²) in [5.41, 5.74) is 1.74. The first kappa shape index (κ1) is 18.9. The number of hydrogen-bond acceptors (Lipinski definition) is 5. The van der Waals surface area contributed by atoms with Gasteiger partial charge in [0, 0.05) is 6.42 Å². The lowest BCUT2D eigenvalue weighted by Crippen LogP contribution is -2.37. The first-order chi connectivity index (χ1) is 10.8. The van der Waals surface area contributed by atoms with Gasteiger partial charge in [-0.3, -0.25) is 0 Å². The van der Waals surface area contributed by atoms with Crippen LogP contribution in [0.15, 0.2) is 40.8 Å². The van der Waals surface area contributed by atoms with Gasteiger partial charge in [-0.2, -0.15) is 4.31 Å². The van der Waals surface area contributed by atoms with Crippen molar-refractivity contribution in [1.82, 2.24) is 4.31 Å². The minimum absolute atomic E-state index is 0.0208. The molecule has 6 nitrogen and oxygen atoms in total. The van der Waals surface area contributed by atoms with Gasteiger partial charge in [0.05, 0.1) is 18.6 Å². The number of ether oxygens (including phenoxy) is 1. The van der Waals surface area contributed by atoms with Crippen molar-refractivity contribution in [3.63, 3.8) is 0 Å². The van der Waals surface area contributed by atoms with Crippen LogP contribution in [0.5, 0.6) is 0 Å². The fourth-order valence-electron chi connectivity index (χ4n) is 1.84. The van der Waals surface area contributed by atoms with E-state index >= 15 is 0 Å². The van der Waals surface area contributed by atoms with E-state index in [2.05, 4.69) is 4.74 Å². The van der Waals surface area contributed by atoms with Gasteiger partial charge in [-0.15, -0.1) is 0 Å². The highest BCUT2D eigenvalue weighted by molar-refractivity contribution is 7.89. The molecule has 0 N–H and O–H groups in total. The summed E-state index contributed by atoms with van der Waals surface area (Å²) in [6.45, 7) is 3.47. The molecule has 23 heavy (non-hydrogen) atoms. The minimum Gasteiger partial charge on any atom is -0.452 e. The maximum atomic E-state index is 12.6. The van der Waals surface area contributed by atoms with Crippen LogP contribution in [0, 0.1) is 6.92 Å². The second kappa shape index (κ2) is 8.47. The van der Waals surface area contributed by atoms with E-state index in [9.17, 15) is 18.0 Å². The maximum Gasteiger partial charge on any atom is 0.423 e. The van der Waals surface area contributed by atoms with Crippen molar-refractivity contribution in [3.05, 3.63) is 41.5 Å². The molecule has 0 radical (unpaired) electrons. The van der Waals surface area contributed by atoms with E-state index in [1.54, 1.807) is 25.1 Å². The highest BCUT2D eigenvalue weighted by Gasteiger charge is 2.29. The Morgan fingerprint density at radius 1 is 1.26 bits per heavy atom. The molecule has 0 aliphatic rings. The van der Waals surface area contributed by atoms with Crippen LogP contribution in [-0.4, -0.2) is 38.8 Å². The number of amides is 1. The normalized spacial score (nSPS) is 11.9. The molecule has 1 rings (SSSR count). The molecule has 0 bridgehead atoms. The molecule has 1 amide bonds. The molecule has 0 fully saturated rings. The number of carbonyl (C=O) groups excluding carboxylic acids is 2. The summed E-state index contributed by atoms with van der Waals surface area (Å²) in [5, 5.41) is 0. The number of hydrogen-bond donors (Lipinski definition) is 0. The van der Waals surface area contributed by atoms with Gasteiger partial charge in [-0.1, -0.05) is 29.3 Å². The molecule has 7 heteroatoms. The first-order valence-electron chi connectivity index (χ1n) is 7.09. The van der Waals surface area contributed by atoms with Crippen LogP contribution in [0.3, 0.4) is 0 Å². The molecule has 0 unspecified atom stereocenters. The smallest absolute Gasteiger partial charge is 0.423 e. The Morgan fingerprint density at radius 2 is 1.87 bits per heavy atom. The fraction of sp³-hybridized carbons (Fsp3) is 0.375. The second-order valence-corrected chi connectivity index (χ2v) is 6.94. The van der Waals surface area contributed by atoms with Gasteiger partial charge in [0.25, 0.3) is 10.0 Å². The molecule has 0 saturated heterocycles. The van der Waals surface area contributed by atoms with Crippen molar-refractivity contribution < 1.29 is 22.7 Å². The fourth-order valence-corrected chi connectivity index (χ4v) is 3.11. The van der Waals surface area contributed by atoms with Gasteiger partial charge in [0.2, 0.25) is 0 Å². The highest BCUT2D eigenvalue weighted by Crippen LogP contribution is 2.18. The average molecular weight is 339 g/mol. The lowest BCUT2D eigenvalue weighted by molar-refractivity contribution is -0.107. The molecular formula is C16H21NO5S. The summed E-state index contributed by atoms with van der Waals surface area (Å²) >= 11 is 0. The van der Waals surface area contributed by atoms with E-state index < -0.39 is 16.1 Å². The van der Waals surface area contributed by atoms with Crippen molar-refractivity contribution >= 4 is 22.4 Å². The number of aryl methyl sites for hydroxylation is 1. The number of nitrogens with zero attached hydrogens (tertiary/aromatic N) is 1. The van der Waals surface area contributed by atoms with Gasteiger partial charge in [-0.05, 0) is 32.4 Å². The number of methoxy groups -OCH3 is 1. The van der Waals surface area contributed by atoms with Crippen molar-refractivity contribution in [2.45, 2.75) is 31.6 Å². The Labute approximate surface area is 136 Å². The van der Waals surface area contributed by atoms with Crippen molar-refractivity contribution in [2.24, 2.45) is 0 Å². The van der Waals surface area contributed by atoms with Crippen LogP contribution in [0.1, 0.15) is 25.3 Å². The molecule has 0 aliphatic carbocycles. The number of allylic oxidation sites excluding steroid dienone is 1. The molecule has 0 aliphatic heterocycles. The zero-order valence-electron chi connectivity index (χ0n) is 13.5. The molecule has 0 aromatic heterocycles. The van der Waals surface area contributed by atoms with Gasteiger partial charge >= 0.3 is 6.09 Å². The first-order valence-corrected chi connectivity index (χ1v) is 8.53. The predicted octanol–water partition coefficient (Wildman–Crippen LogP) is 2.68. The lowest BCUT2D eigenvalue weighted by Gasteiger charge is -2.20. The number of rotatable bonds is 7. The molecule has 0 spiro atoms. The Bertz CT molecular complexity index is 677. The SMILES string of the molecule is COC(=O)N(C/C=C(/C)CCC=O)S(=O)(=O)c1ccc(C)cc1. The second-order valence-electron chi connectivity index (χ2n) is 5.08. The zero-order valence-corrected chi connectivity index (χ0v) is 14.3. The topological polar surface area (TPSA) is 80.8 Å². The Morgan fingerprint density at radius 3 is 2.39 bits per heavy atom. The van der Waals surface area contributed by atoms with Gasteiger partial charge < -0.3 is 9.53 Å². The maximum absolute atomic E-state index is 12.6. The van der Waals surface area contributed by atoms with E-state index in [1.165, 1.54) is 12.1 Å². The summed E-state index contributed by atoms with van der Waals surface area (Å²) < 4.78 is 30.5. The Hall–Kier alpha value is -2.15. The quantitative estimate of drug-likeness (QED) is 0.563. The molecule has 0 heterocycles. The summed E-state index contributed by atoms with van der Waals surface area (Å²) in [5.74, 6) is 0. The van der Waals surface area contributed by atoms with E-state index in [4.69, 9.17) is 0 Å². The zero-order chi connectivity index (χ0) is 17.5.